The third-order valence-electron chi connectivity index (χ3n) is 2.68. The summed E-state index contributed by atoms with van der Waals surface area (Å²) >= 11 is 0. The molecule has 1 aromatic rings. The van der Waals surface area contributed by atoms with Gasteiger partial charge in [-0.2, -0.15) is 0 Å². The third kappa shape index (κ3) is 5.55. The highest BCUT2D eigenvalue weighted by Crippen LogP contribution is 2.14. The van der Waals surface area contributed by atoms with E-state index in [4.69, 9.17) is 19.3 Å². The van der Waals surface area contributed by atoms with Crippen LogP contribution in [0.4, 0.5) is 0 Å². The van der Waals surface area contributed by atoms with E-state index in [0.29, 0.717) is 0 Å². The lowest BCUT2D eigenvalue weighted by Crippen LogP contribution is -2.24. The Labute approximate surface area is 133 Å². The van der Waals surface area contributed by atoms with E-state index in [9.17, 15) is 14.4 Å². The van der Waals surface area contributed by atoms with E-state index in [-0.39, 0.29) is 30.8 Å². The molecule has 1 rings (SSSR count). The van der Waals surface area contributed by atoms with Gasteiger partial charge in [0, 0.05) is 12.5 Å². The van der Waals surface area contributed by atoms with Gasteiger partial charge in [0.2, 0.25) is 6.29 Å². The van der Waals surface area contributed by atoms with E-state index < -0.39 is 24.2 Å². The topological polar surface area (TPSA) is 99.1 Å². The number of hydrogen-bond acceptors (Lipinski definition) is 7. The molecule has 23 heavy (non-hydrogen) atoms. The zero-order chi connectivity index (χ0) is 17.2. The predicted molar refractivity (Wildman–Crippen MR) is 79.6 cm³/mol. The molecule has 7 heteroatoms. The summed E-state index contributed by atoms with van der Waals surface area (Å²) in [7, 11) is 0. The predicted octanol–water partition coefficient (Wildman–Crippen LogP) is 1.46. The van der Waals surface area contributed by atoms with Crippen LogP contribution in [0.2, 0.25) is 0 Å². The number of carbonyl (C=O) groups is 3. The first kappa shape index (κ1) is 18.4. The summed E-state index contributed by atoms with van der Waals surface area (Å²) in [5.74, 6) is -2.31. The maximum Gasteiger partial charge on any atom is 0.342 e. The van der Waals surface area contributed by atoms with Gasteiger partial charge in [0.25, 0.3) is 0 Å². The second-order valence-electron chi connectivity index (χ2n) is 4.29. The molecule has 0 bridgehead atoms. The maximum atomic E-state index is 12.2. The Balaban J connectivity index is 2.88. The normalized spacial score (nSPS) is 11.2. The average Bonchev–Trinajstić information content (AvgIpc) is 2.58. The largest absolute Gasteiger partial charge is 0.460 e. The van der Waals surface area contributed by atoms with Crippen molar-refractivity contribution in [2.45, 2.75) is 19.6 Å². The van der Waals surface area contributed by atoms with E-state index in [1.165, 1.54) is 12.1 Å². The van der Waals surface area contributed by atoms with Crippen molar-refractivity contribution in [2.75, 3.05) is 13.2 Å². The van der Waals surface area contributed by atoms with Crippen LogP contribution in [0.5, 0.6) is 0 Å². The van der Waals surface area contributed by atoms with Crippen LogP contribution in [-0.4, -0.2) is 42.5 Å². The fraction of sp³-hybridized carbons (Fsp3) is 0.312. The fourth-order valence-electron chi connectivity index (χ4n) is 1.61. The molecule has 0 saturated carbocycles. The van der Waals surface area contributed by atoms with Crippen molar-refractivity contribution in [3.8, 4) is 0 Å². The summed E-state index contributed by atoms with van der Waals surface area (Å²) in [6.45, 7) is 4.41. The molecule has 1 atom stereocenters. The Morgan fingerprint density at radius 2 is 1.78 bits per heavy atom. The summed E-state index contributed by atoms with van der Waals surface area (Å²) in [4.78, 5) is 35.2. The first-order valence-electron chi connectivity index (χ1n) is 6.94. The summed E-state index contributed by atoms with van der Waals surface area (Å²) in [6.07, 6.45) is 0.105. The second kappa shape index (κ2) is 9.37. The standard InChI is InChI=1S/C16H18O7/c1-3-13(18)22-14(4-2)23-16(20)12-8-6-5-7-11(12)15(19)21-10-9-17/h3,5-8,14,17H,1,4,9-10H2,2H3. The Bertz CT molecular complexity index is 580. The first-order chi connectivity index (χ1) is 11.0. The molecule has 0 saturated heterocycles. The van der Waals surface area contributed by atoms with E-state index >= 15 is 0 Å². The fourth-order valence-corrected chi connectivity index (χ4v) is 1.61. The van der Waals surface area contributed by atoms with Crippen LogP contribution in [0.3, 0.4) is 0 Å². The lowest BCUT2D eigenvalue weighted by atomic mass is 10.1. The second-order valence-corrected chi connectivity index (χ2v) is 4.29. The minimum Gasteiger partial charge on any atom is -0.460 e. The lowest BCUT2D eigenvalue weighted by molar-refractivity contribution is -0.162. The molecule has 7 nitrogen and oxygen atoms in total. The van der Waals surface area contributed by atoms with Gasteiger partial charge in [0.05, 0.1) is 17.7 Å². The Morgan fingerprint density at radius 3 is 2.30 bits per heavy atom. The van der Waals surface area contributed by atoms with Crippen LogP contribution in [0.1, 0.15) is 34.1 Å². The van der Waals surface area contributed by atoms with Crippen LogP contribution < -0.4 is 0 Å². The summed E-state index contributed by atoms with van der Waals surface area (Å²) in [5, 5.41) is 8.67. The lowest BCUT2D eigenvalue weighted by Gasteiger charge is -2.16. The van der Waals surface area contributed by atoms with Gasteiger partial charge in [0.15, 0.2) is 0 Å². The number of rotatable bonds is 8. The molecule has 0 amide bonds. The molecule has 1 unspecified atom stereocenters. The smallest absolute Gasteiger partial charge is 0.342 e. The molecule has 0 fully saturated rings. The zero-order valence-corrected chi connectivity index (χ0v) is 12.7. The quantitative estimate of drug-likeness (QED) is 0.439. The molecular weight excluding hydrogens is 304 g/mol. The molecule has 0 aromatic heterocycles. The molecule has 0 aliphatic rings. The average molecular weight is 322 g/mol. The van der Waals surface area contributed by atoms with E-state index in [1.807, 2.05) is 0 Å². The van der Waals surface area contributed by atoms with Gasteiger partial charge in [-0.05, 0) is 12.1 Å². The molecular formula is C16H18O7. The summed E-state index contributed by atoms with van der Waals surface area (Å²) in [5.41, 5.74) is -0.0283. The Morgan fingerprint density at radius 1 is 1.17 bits per heavy atom. The number of ether oxygens (including phenoxy) is 3. The monoisotopic (exact) mass is 322 g/mol. The van der Waals surface area contributed by atoms with Crippen molar-refractivity contribution in [3.63, 3.8) is 0 Å². The minimum absolute atomic E-state index is 0.00384. The third-order valence-corrected chi connectivity index (χ3v) is 2.68. The van der Waals surface area contributed by atoms with Gasteiger partial charge >= 0.3 is 17.9 Å². The van der Waals surface area contributed by atoms with Crippen LogP contribution in [-0.2, 0) is 19.0 Å². The van der Waals surface area contributed by atoms with Crippen molar-refractivity contribution in [1.82, 2.24) is 0 Å². The number of benzene rings is 1. The zero-order valence-electron chi connectivity index (χ0n) is 12.7. The van der Waals surface area contributed by atoms with Crippen LogP contribution >= 0.6 is 0 Å². The highest BCUT2D eigenvalue weighted by Gasteiger charge is 2.22. The number of hydrogen-bond donors (Lipinski definition) is 1. The Kier molecular flexibility index (Phi) is 7.49. The van der Waals surface area contributed by atoms with E-state index in [0.717, 1.165) is 6.08 Å². The molecule has 124 valence electrons. The number of carbonyl (C=O) groups excluding carboxylic acids is 3. The van der Waals surface area contributed by atoms with Crippen LogP contribution in [0.25, 0.3) is 0 Å². The number of aliphatic hydroxyl groups is 1. The SMILES string of the molecule is C=CC(=O)OC(CC)OC(=O)c1ccccc1C(=O)OCCO. The number of esters is 3. The van der Waals surface area contributed by atoms with Gasteiger partial charge in [-0.1, -0.05) is 25.6 Å². The molecule has 0 aliphatic carbocycles. The van der Waals surface area contributed by atoms with Gasteiger partial charge in [-0.3, -0.25) is 0 Å². The van der Waals surface area contributed by atoms with Crippen molar-refractivity contribution in [1.29, 1.82) is 0 Å². The molecule has 0 radical (unpaired) electrons. The van der Waals surface area contributed by atoms with Crippen molar-refractivity contribution >= 4 is 17.9 Å². The van der Waals surface area contributed by atoms with Crippen LogP contribution in [0.15, 0.2) is 36.9 Å². The van der Waals surface area contributed by atoms with E-state index in [1.54, 1.807) is 19.1 Å². The molecule has 0 spiro atoms. The summed E-state index contributed by atoms with van der Waals surface area (Å²) in [6, 6.07) is 5.89. The van der Waals surface area contributed by atoms with E-state index in [2.05, 4.69) is 6.58 Å². The molecule has 1 N–H and O–H groups in total. The van der Waals surface area contributed by atoms with Crippen LogP contribution in [0, 0.1) is 0 Å². The number of aliphatic hydroxyl groups excluding tert-OH is 1. The summed E-state index contributed by atoms with van der Waals surface area (Å²) < 4.78 is 14.7. The molecule has 1 aromatic carbocycles. The van der Waals surface area contributed by atoms with Crippen molar-refractivity contribution < 1.29 is 33.7 Å². The molecule has 0 heterocycles. The minimum atomic E-state index is -1.09. The van der Waals surface area contributed by atoms with Gasteiger partial charge in [-0.15, -0.1) is 0 Å². The van der Waals surface area contributed by atoms with Crippen molar-refractivity contribution in [2.24, 2.45) is 0 Å². The Hall–Kier alpha value is -2.67. The van der Waals surface area contributed by atoms with Gasteiger partial charge < -0.3 is 19.3 Å². The highest BCUT2D eigenvalue weighted by molar-refractivity contribution is 6.03. The van der Waals surface area contributed by atoms with Crippen molar-refractivity contribution in [3.05, 3.63) is 48.0 Å². The highest BCUT2D eigenvalue weighted by atomic mass is 16.7. The van der Waals surface area contributed by atoms with Gasteiger partial charge in [-0.25, -0.2) is 14.4 Å². The van der Waals surface area contributed by atoms with Gasteiger partial charge in [0.1, 0.15) is 6.61 Å². The maximum absolute atomic E-state index is 12.2. The molecule has 0 aliphatic heterocycles. The first-order valence-corrected chi connectivity index (χ1v) is 6.94.